The molecule has 2 heteroatoms. The molecule has 2 rings (SSSR count). The van der Waals surface area contributed by atoms with E-state index in [2.05, 4.69) is 12.1 Å². The first kappa shape index (κ1) is 14.1. The van der Waals surface area contributed by atoms with Crippen molar-refractivity contribution in [2.24, 2.45) is 0 Å². The lowest BCUT2D eigenvalue weighted by atomic mass is 10.0. The second-order valence-electron chi connectivity index (χ2n) is 4.77. The van der Waals surface area contributed by atoms with E-state index in [1.807, 2.05) is 50.2 Å². The highest BCUT2D eigenvalue weighted by Gasteiger charge is 2.10. The Bertz CT molecular complexity index is 598. The molecule has 0 N–H and O–H groups in total. The predicted molar refractivity (Wildman–Crippen MR) is 80.6 cm³/mol. The second kappa shape index (κ2) is 6.71. The molecule has 0 saturated carbocycles. The molecule has 0 saturated heterocycles. The quantitative estimate of drug-likeness (QED) is 0.471. The smallest absolute Gasteiger partial charge is 0.339 e. The Labute approximate surface area is 119 Å². The Hall–Kier alpha value is -2.35. The Kier molecular flexibility index (Phi) is 4.72. The van der Waals surface area contributed by atoms with Gasteiger partial charge >= 0.3 is 5.97 Å². The topological polar surface area (TPSA) is 26.3 Å². The van der Waals surface area contributed by atoms with Crippen molar-refractivity contribution in [3.63, 3.8) is 0 Å². The highest BCUT2D eigenvalue weighted by Crippen LogP contribution is 2.15. The van der Waals surface area contributed by atoms with Crippen LogP contribution in [0.4, 0.5) is 0 Å². The zero-order valence-corrected chi connectivity index (χ0v) is 11.8. The van der Waals surface area contributed by atoms with Gasteiger partial charge in [0.25, 0.3) is 0 Å². The van der Waals surface area contributed by atoms with E-state index in [4.69, 9.17) is 4.74 Å². The number of hydrogen-bond donors (Lipinski definition) is 0. The summed E-state index contributed by atoms with van der Waals surface area (Å²) in [5.74, 6) is 0.286. The summed E-state index contributed by atoms with van der Waals surface area (Å²) in [7, 11) is 0. The summed E-state index contributed by atoms with van der Waals surface area (Å²) in [5.41, 5.74) is 2.88. The van der Waals surface area contributed by atoms with Gasteiger partial charge in [-0.15, -0.1) is 0 Å². The number of rotatable bonds is 4. The normalized spacial score (nSPS) is 11.7. The van der Waals surface area contributed by atoms with Gasteiger partial charge in [0.15, 0.2) is 0 Å². The first-order valence-corrected chi connectivity index (χ1v) is 6.64. The van der Waals surface area contributed by atoms with Gasteiger partial charge in [-0.05, 0) is 38.0 Å². The maximum Gasteiger partial charge on any atom is 0.339 e. The fourth-order valence-corrected chi connectivity index (χ4v) is 1.88. The van der Waals surface area contributed by atoms with Crippen LogP contribution in [-0.2, 0) is 11.2 Å². The van der Waals surface area contributed by atoms with Gasteiger partial charge in [-0.1, -0.05) is 54.1 Å². The number of carbonyl (C=O) groups excluding carboxylic acids is 1. The summed E-state index contributed by atoms with van der Waals surface area (Å²) in [6, 6.07) is 19.2. The molecule has 0 atom stereocenters. The molecule has 0 fully saturated rings. The van der Waals surface area contributed by atoms with Crippen molar-refractivity contribution >= 4 is 5.97 Å². The number of esters is 1. The van der Waals surface area contributed by atoms with E-state index in [0.29, 0.717) is 11.3 Å². The predicted octanol–water partition coefficient (Wildman–Crippen LogP) is 4.17. The van der Waals surface area contributed by atoms with Crippen LogP contribution in [0.15, 0.2) is 71.8 Å². The molecule has 0 spiro atoms. The number of hydrogen-bond acceptors (Lipinski definition) is 2. The molecule has 102 valence electrons. The molecule has 2 aromatic carbocycles. The summed E-state index contributed by atoms with van der Waals surface area (Å²) < 4.78 is 5.34. The lowest BCUT2D eigenvalue weighted by Gasteiger charge is -2.08. The Morgan fingerprint density at radius 2 is 1.45 bits per heavy atom. The maximum absolute atomic E-state index is 12.1. The van der Waals surface area contributed by atoms with Crippen molar-refractivity contribution in [2.75, 3.05) is 0 Å². The largest absolute Gasteiger partial charge is 0.423 e. The lowest BCUT2D eigenvalue weighted by Crippen LogP contribution is -2.11. The first-order chi connectivity index (χ1) is 9.66. The van der Waals surface area contributed by atoms with Gasteiger partial charge in [-0.25, -0.2) is 4.79 Å². The van der Waals surface area contributed by atoms with Gasteiger partial charge in [0.1, 0.15) is 5.75 Å². The van der Waals surface area contributed by atoms with Gasteiger partial charge < -0.3 is 4.74 Å². The van der Waals surface area contributed by atoms with Crippen molar-refractivity contribution in [1.82, 2.24) is 0 Å². The molecule has 0 aliphatic heterocycles. The van der Waals surface area contributed by atoms with Gasteiger partial charge in [0, 0.05) is 5.57 Å². The molecular weight excluding hydrogens is 248 g/mol. The number of benzene rings is 2. The minimum Gasteiger partial charge on any atom is -0.423 e. The minimum absolute atomic E-state index is 0.287. The average molecular weight is 266 g/mol. The third-order valence-corrected chi connectivity index (χ3v) is 3.21. The van der Waals surface area contributed by atoms with E-state index in [0.717, 1.165) is 12.0 Å². The third kappa shape index (κ3) is 3.82. The van der Waals surface area contributed by atoms with Crippen molar-refractivity contribution in [3.8, 4) is 5.75 Å². The second-order valence-corrected chi connectivity index (χ2v) is 4.77. The lowest BCUT2D eigenvalue weighted by molar-refractivity contribution is -0.130. The molecule has 0 amide bonds. The van der Waals surface area contributed by atoms with Crippen LogP contribution in [0.1, 0.15) is 19.4 Å². The molecule has 2 nitrogen and oxygen atoms in total. The standard InChI is InChI=1S/C18H18O2/c1-14(13-16-9-5-3-6-10-16)15(2)18(19)20-17-11-7-4-8-12-17/h3-12H,13H2,1-2H3. The minimum atomic E-state index is -0.287. The molecule has 2 aromatic rings. The van der Waals surface area contributed by atoms with Crippen molar-refractivity contribution in [3.05, 3.63) is 77.4 Å². The molecular formula is C18H18O2. The molecule has 0 aromatic heterocycles. The van der Waals surface area contributed by atoms with Crippen molar-refractivity contribution in [2.45, 2.75) is 20.3 Å². The van der Waals surface area contributed by atoms with E-state index in [1.165, 1.54) is 5.56 Å². The Morgan fingerprint density at radius 1 is 0.900 bits per heavy atom. The van der Waals surface area contributed by atoms with E-state index in [1.54, 1.807) is 12.1 Å². The maximum atomic E-state index is 12.1. The number of carbonyl (C=O) groups is 1. The fraction of sp³-hybridized carbons (Fsp3) is 0.167. The summed E-state index contributed by atoms with van der Waals surface area (Å²) in [4.78, 5) is 12.1. The van der Waals surface area contributed by atoms with Crippen LogP contribution in [0.5, 0.6) is 5.75 Å². The average Bonchev–Trinajstić information content (AvgIpc) is 2.48. The highest BCUT2D eigenvalue weighted by molar-refractivity contribution is 5.90. The van der Waals surface area contributed by atoms with E-state index in [-0.39, 0.29) is 5.97 Å². The third-order valence-electron chi connectivity index (χ3n) is 3.21. The number of para-hydroxylation sites is 1. The molecule has 0 aliphatic carbocycles. The zero-order chi connectivity index (χ0) is 14.4. The van der Waals surface area contributed by atoms with Crippen LogP contribution in [-0.4, -0.2) is 5.97 Å². The fourth-order valence-electron chi connectivity index (χ4n) is 1.88. The zero-order valence-electron chi connectivity index (χ0n) is 11.8. The molecule has 20 heavy (non-hydrogen) atoms. The van der Waals surface area contributed by atoms with Crippen molar-refractivity contribution < 1.29 is 9.53 Å². The summed E-state index contributed by atoms with van der Waals surface area (Å²) in [5, 5.41) is 0. The van der Waals surface area contributed by atoms with Crippen LogP contribution < -0.4 is 4.74 Å². The van der Waals surface area contributed by atoms with Gasteiger partial charge in [0.05, 0.1) is 0 Å². The Balaban J connectivity index is 2.06. The summed E-state index contributed by atoms with van der Waals surface area (Å²) in [6.45, 7) is 3.78. The highest BCUT2D eigenvalue weighted by atomic mass is 16.5. The number of ether oxygens (including phenoxy) is 1. The van der Waals surface area contributed by atoms with Crippen LogP contribution >= 0.6 is 0 Å². The summed E-state index contributed by atoms with van der Waals surface area (Å²) >= 11 is 0. The molecule has 0 aliphatic rings. The van der Waals surface area contributed by atoms with E-state index < -0.39 is 0 Å². The van der Waals surface area contributed by atoms with Crippen LogP contribution in [0.2, 0.25) is 0 Å². The van der Waals surface area contributed by atoms with Crippen molar-refractivity contribution in [1.29, 1.82) is 0 Å². The first-order valence-electron chi connectivity index (χ1n) is 6.64. The van der Waals surface area contributed by atoms with E-state index in [9.17, 15) is 4.79 Å². The molecule has 0 unspecified atom stereocenters. The monoisotopic (exact) mass is 266 g/mol. The van der Waals surface area contributed by atoms with Gasteiger partial charge in [0.2, 0.25) is 0 Å². The molecule has 0 heterocycles. The van der Waals surface area contributed by atoms with Crippen LogP contribution in [0.3, 0.4) is 0 Å². The van der Waals surface area contributed by atoms with E-state index >= 15 is 0 Å². The van der Waals surface area contributed by atoms with Crippen LogP contribution in [0, 0.1) is 0 Å². The molecule has 0 bridgehead atoms. The van der Waals surface area contributed by atoms with Gasteiger partial charge in [-0.3, -0.25) is 0 Å². The van der Waals surface area contributed by atoms with Crippen LogP contribution in [0.25, 0.3) is 0 Å². The SMILES string of the molecule is CC(Cc1ccccc1)=C(C)C(=O)Oc1ccccc1. The molecule has 0 radical (unpaired) electrons. The number of allylic oxidation sites excluding steroid dienone is 1. The van der Waals surface area contributed by atoms with Gasteiger partial charge in [-0.2, -0.15) is 0 Å². The Morgan fingerprint density at radius 3 is 2.05 bits per heavy atom. The summed E-state index contributed by atoms with van der Waals surface area (Å²) in [6.07, 6.45) is 0.760.